The average Bonchev–Trinajstić information content (AvgIpc) is 2.84. The van der Waals surface area contributed by atoms with Crippen molar-refractivity contribution in [2.24, 2.45) is 0 Å². The molecular formula is C13H24N2O2S. The highest BCUT2D eigenvalue weighted by atomic mass is 32.1. The van der Waals surface area contributed by atoms with Gasteiger partial charge in [0.15, 0.2) is 0 Å². The zero-order valence-electron chi connectivity index (χ0n) is 11.6. The molecule has 0 aliphatic rings. The summed E-state index contributed by atoms with van der Waals surface area (Å²) in [5.41, 5.74) is 0. The normalized spacial score (nSPS) is 12.8. The molecule has 0 saturated carbocycles. The van der Waals surface area contributed by atoms with Gasteiger partial charge in [0, 0.05) is 30.6 Å². The van der Waals surface area contributed by atoms with E-state index in [-0.39, 0.29) is 0 Å². The minimum absolute atomic E-state index is 0.394. The fraction of sp³-hybridized carbons (Fsp3) is 0.769. The van der Waals surface area contributed by atoms with E-state index in [0.29, 0.717) is 25.9 Å². The van der Waals surface area contributed by atoms with Crippen molar-refractivity contribution in [3.05, 3.63) is 16.1 Å². The first-order valence-corrected chi connectivity index (χ1v) is 7.34. The van der Waals surface area contributed by atoms with E-state index in [4.69, 9.17) is 9.47 Å². The molecule has 0 amide bonds. The second-order valence-corrected chi connectivity index (χ2v) is 5.33. The van der Waals surface area contributed by atoms with Crippen LogP contribution in [0.1, 0.15) is 36.2 Å². The third-order valence-electron chi connectivity index (χ3n) is 2.59. The lowest BCUT2D eigenvalue weighted by molar-refractivity contribution is 0.0722. The van der Waals surface area contributed by atoms with Crippen LogP contribution in [0.3, 0.4) is 0 Å². The number of hydrogen-bond acceptors (Lipinski definition) is 5. The summed E-state index contributed by atoms with van der Waals surface area (Å²) in [6, 6.07) is 0.394. The Morgan fingerprint density at radius 2 is 2.22 bits per heavy atom. The summed E-state index contributed by atoms with van der Waals surface area (Å²) in [5, 5.41) is 4.61. The zero-order chi connectivity index (χ0) is 13.2. The van der Waals surface area contributed by atoms with E-state index in [2.05, 4.69) is 24.1 Å². The third-order valence-corrected chi connectivity index (χ3v) is 3.83. The van der Waals surface area contributed by atoms with Gasteiger partial charge in [-0.05, 0) is 19.9 Å². The first-order valence-electron chi connectivity index (χ1n) is 6.52. The van der Waals surface area contributed by atoms with Crippen LogP contribution in [0, 0.1) is 0 Å². The monoisotopic (exact) mass is 272 g/mol. The van der Waals surface area contributed by atoms with Gasteiger partial charge in [0.05, 0.1) is 24.8 Å². The Labute approximate surface area is 114 Å². The number of rotatable bonds is 10. The number of nitrogens with one attached hydrogen (secondary N) is 1. The second-order valence-electron chi connectivity index (χ2n) is 4.19. The van der Waals surface area contributed by atoms with Gasteiger partial charge in [-0.15, -0.1) is 11.3 Å². The Morgan fingerprint density at radius 1 is 1.39 bits per heavy atom. The highest BCUT2D eigenvalue weighted by Gasteiger charge is 2.08. The molecule has 5 heteroatoms. The summed E-state index contributed by atoms with van der Waals surface area (Å²) >= 11 is 1.77. The molecule has 1 unspecified atom stereocenters. The number of nitrogens with zero attached hydrogens (tertiary/aromatic N) is 1. The molecule has 0 radical (unpaired) electrons. The molecule has 1 heterocycles. The summed E-state index contributed by atoms with van der Waals surface area (Å²) < 4.78 is 10.4. The predicted molar refractivity (Wildman–Crippen MR) is 75.2 cm³/mol. The Bertz CT molecular complexity index is 318. The van der Waals surface area contributed by atoms with Gasteiger partial charge in [0.1, 0.15) is 0 Å². The van der Waals surface area contributed by atoms with Gasteiger partial charge < -0.3 is 14.8 Å². The number of methoxy groups -OCH3 is 1. The van der Waals surface area contributed by atoms with Crippen LogP contribution in [-0.4, -0.2) is 38.5 Å². The average molecular weight is 272 g/mol. The van der Waals surface area contributed by atoms with Gasteiger partial charge in [-0.1, -0.05) is 6.92 Å². The van der Waals surface area contributed by atoms with E-state index in [1.165, 1.54) is 4.88 Å². The van der Waals surface area contributed by atoms with Crippen molar-refractivity contribution in [1.82, 2.24) is 10.3 Å². The van der Waals surface area contributed by atoms with E-state index in [1.807, 2.05) is 6.20 Å². The van der Waals surface area contributed by atoms with Crippen molar-refractivity contribution in [2.75, 3.05) is 33.5 Å². The van der Waals surface area contributed by atoms with Crippen molar-refractivity contribution in [3.8, 4) is 0 Å². The number of aromatic nitrogens is 1. The maximum atomic E-state index is 5.44. The summed E-state index contributed by atoms with van der Waals surface area (Å²) in [5.74, 6) is 0. The van der Waals surface area contributed by atoms with Gasteiger partial charge in [-0.2, -0.15) is 0 Å². The molecule has 1 atom stereocenters. The van der Waals surface area contributed by atoms with Crippen molar-refractivity contribution in [2.45, 2.75) is 32.7 Å². The van der Waals surface area contributed by atoms with Crippen molar-refractivity contribution < 1.29 is 9.47 Å². The fourth-order valence-corrected chi connectivity index (χ4v) is 2.43. The molecule has 4 nitrogen and oxygen atoms in total. The first kappa shape index (κ1) is 15.6. The maximum Gasteiger partial charge on any atom is 0.0951 e. The van der Waals surface area contributed by atoms with Gasteiger partial charge in [0.2, 0.25) is 0 Å². The SMILES string of the molecule is CCCNC(C)c1cnc(CCOCCOC)s1. The quantitative estimate of drug-likeness (QED) is 0.664. The van der Waals surface area contributed by atoms with E-state index in [0.717, 1.165) is 24.4 Å². The van der Waals surface area contributed by atoms with Crippen LogP contribution >= 0.6 is 11.3 Å². The Balaban J connectivity index is 2.25. The van der Waals surface area contributed by atoms with Crippen molar-refractivity contribution >= 4 is 11.3 Å². The molecule has 0 aliphatic carbocycles. The Morgan fingerprint density at radius 3 is 2.94 bits per heavy atom. The number of hydrogen-bond donors (Lipinski definition) is 1. The van der Waals surface area contributed by atoms with Gasteiger partial charge in [0.25, 0.3) is 0 Å². The van der Waals surface area contributed by atoms with Gasteiger partial charge >= 0.3 is 0 Å². The number of ether oxygens (including phenoxy) is 2. The van der Waals surface area contributed by atoms with Crippen LogP contribution < -0.4 is 5.32 Å². The van der Waals surface area contributed by atoms with Crippen molar-refractivity contribution in [1.29, 1.82) is 0 Å². The van der Waals surface area contributed by atoms with Crippen LogP contribution in [0.4, 0.5) is 0 Å². The van der Waals surface area contributed by atoms with Crippen LogP contribution in [0.5, 0.6) is 0 Å². The Hall–Kier alpha value is -0.490. The molecule has 1 rings (SSSR count). The van der Waals surface area contributed by atoms with Crippen LogP contribution in [0.15, 0.2) is 6.20 Å². The standard InChI is InChI=1S/C13H24N2O2S/c1-4-6-14-11(2)12-10-15-13(18-12)5-7-17-9-8-16-3/h10-11,14H,4-9H2,1-3H3. The van der Waals surface area contributed by atoms with Crippen molar-refractivity contribution in [3.63, 3.8) is 0 Å². The largest absolute Gasteiger partial charge is 0.382 e. The Kier molecular flexibility index (Phi) is 8.17. The molecular weight excluding hydrogens is 248 g/mol. The third kappa shape index (κ3) is 5.91. The lowest BCUT2D eigenvalue weighted by Gasteiger charge is -2.09. The zero-order valence-corrected chi connectivity index (χ0v) is 12.4. The molecule has 1 aromatic rings. The van der Waals surface area contributed by atoms with E-state index >= 15 is 0 Å². The molecule has 0 spiro atoms. The predicted octanol–water partition coefficient (Wildman–Crippen LogP) is 2.41. The van der Waals surface area contributed by atoms with E-state index in [9.17, 15) is 0 Å². The molecule has 0 fully saturated rings. The van der Waals surface area contributed by atoms with Crippen LogP contribution in [-0.2, 0) is 15.9 Å². The molecule has 0 aromatic carbocycles. The second kappa shape index (κ2) is 9.44. The molecule has 0 bridgehead atoms. The topological polar surface area (TPSA) is 43.4 Å². The highest BCUT2D eigenvalue weighted by molar-refractivity contribution is 7.11. The van der Waals surface area contributed by atoms with Gasteiger partial charge in [-0.3, -0.25) is 0 Å². The van der Waals surface area contributed by atoms with Crippen LogP contribution in [0.2, 0.25) is 0 Å². The molecule has 0 aliphatic heterocycles. The first-order chi connectivity index (χ1) is 8.77. The number of thiazole rings is 1. The summed E-state index contributed by atoms with van der Waals surface area (Å²) in [7, 11) is 1.68. The molecule has 1 N–H and O–H groups in total. The van der Waals surface area contributed by atoms with Crippen LogP contribution in [0.25, 0.3) is 0 Å². The molecule has 104 valence electrons. The lowest BCUT2D eigenvalue weighted by atomic mass is 10.3. The van der Waals surface area contributed by atoms with E-state index in [1.54, 1.807) is 18.4 Å². The molecule has 18 heavy (non-hydrogen) atoms. The summed E-state index contributed by atoms with van der Waals surface area (Å²) in [6.07, 6.45) is 4.01. The van der Waals surface area contributed by atoms with Gasteiger partial charge in [-0.25, -0.2) is 4.98 Å². The molecule has 0 saturated heterocycles. The minimum Gasteiger partial charge on any atom is -0.382 e. The maximum absolute atomic E-state index is 5.44. The lowest BCUT2D eigenvalue weighted by Crippen LogP contribution is -2.18. The smallest absolute Gasteiger partial charge is 0.0951 e. The summed E-state index contributed by atoms with van der Waals surface area (Å²) in [6.45, 7) is 7.43. The minimum atomic E-state index is 0.394. The fourth-order valence-electron chi connectivity index (χ4n) is 1.51. The molecule has 1 aromatic heterocycles. The summed E-state index contributed by atoms with van der Waals surface area (Å²) in [4.78, 5) is 5.73. The van der Waals surface area contributed by atoms with E-state index < -0.39 is 0 Å². The highest BCUT2D eigenvalue weighted by Crippen LogP contribution is 2.20.